The van der Waals surface area contributed by atoms with Crippen molar-refractivity contribution in [2.24, 2.45) is 0 Å². The van der Waals surface area contributed by atoms with Gasteiger partial charge in [0.05, 0.1) is 5.83 Å². The summed E-state index contributed by atoms with van der Waals surface area (Å²) in [4.78, 5) is 10.6. The lowest BCUT2D eigenvalue weighted by Gasteiger charge is -2.02. The van der Waals surface area contributed by atoms with Crippen molar-refractivity contribution in [3.63, 3.8) is 0 Å². The zero-order chi connectivity index (χ0) is 10.6. The minimum Gasteiger partial charge on any atom is -0.427 e. The molecular formula is C11H11FO2. The summed E-state index contributed by atoms with van der Waals surface area (Å²) in [6.45, 7) is 4.50. The van der Waals surface area contributed by atoms with Gasteiger partial charge in [-0.3, -0.25) is 4.79 Å². The lowest BCUT2D eigenvalue weighted by molar-refractivity contribution is -0.131. The molecule has 0 aliphatic heterocycles. The molecular weight excluding hydrogens is 183 g/mol. The maximum absolute atomic E-state index is 12.4. The van der Waals surface area contributed by atoms with Crippen molar-refractivity contribution in [1.82, 2.24) is 0 Å². The van der Waals surface area contributed by atoms with E-state index in [0.29, 0.717) is 5.75 Å². The Balaban J connectivity index is 2.68. The van der Waals surface area contributed by atoms with E-state index in [1.807, 2.05) is 0 Å². The number of hydrogen-bond donors (Lipinski definition) is 0. The van der Waals surface area contributed by atoms with Crippen molar-refractivity contribution in [3.8, 4) is 5.75 Å². The first-order chi connectivity index (χ1) is 6.58. The first kappa shape index (κ1) is 10.4. The second kappa shape index (κ2) is 4.56. The molecule has 0 radical (unpaired) electrons. The molecule has 1 aromatic carbocycles. The SMILES string of the molecule is C=C(F)Cc1ccc(OC(C)=O)cc1. The first-order valence-corrected chi connectivity index (χ1v) is 4.18. The number of halogens is 1. The quantitative estimate of drug-likeness (QED) is 0.546. The molecule has 0 N–H and O–H groups in total. The molecule has 1 aromatic rings. The smallest absolute Gasteiger partial charge is 0.308 e. The number of ether oxygens (including phenoxy) is 1. The fourth-order valence-corrected chi connectivity index (χ4v) is 1.06. The van der Waals surface area contributed by atoms with Crippen LogP contribution in [-0.4, -0.2) is 5.97 Å². The van der Waals surface area contributed by atoms with Crippen molar-refractivity contribution >= 4 is 5.97 Å². The Labute approximate surface area is 82.0 Å². The highest BCUT2D eigenvalue weighted by Gasteiger charge is 1.99. The van der Waals surface area contributed by atoms with E-state index < -0.39 is 0 Å². The fourth-order valence-electron chi connectivity index (χ4n) is 1.06. The molecule has 0 aromatic heterocycles. The van der Waals surface area contributed by atoms with Gasteiger partial charge in [0.2, 0.25) is 0 Å². The summed E-state index contributed by atoms with van der Waals surface area (Å²) < 4.78 is 17.2. The number of allylic oxidation sites excluding steroid dienone is 1. The predicted octanol–water partition coefficient (Wildman–Crippen LogP) is 2.64. The molecule has 0 spiro atoms. The molecule has 0 amide bonds. The van der Waals surface area contributed by atoms with Gasteiger partial charge in [-0.1, -0.05) is 18.7 Å². The summed E-state index contributed by atoms with van der Waals surface area (Å²) in [5.74, 6) is -0.288. The number of carbonyl (C=O) groups is 1. The molecule has 0 bridgehead atoms. The van der Waals surface area contributed by atoms with E-state index in [2.05, 4.69) is 6.58 Å². The van der Waals surface area contributed by atoms with E-state index in [9.17, 15) is 9.18 Å². The van der Waals surface area contributed by atoms with E-state index in [-0.39, 0.29) is 18.2 Å². The molecule has 2 nitrogen and oxygen atoms in total. The summed E-state index contributed by atoms with van der Waals surface area (Å²) in [7, 11) is 0. The molecule has 0 unspecified atom stereocenters. The number of rotatable bonds is 3. The van der Waals surface area contributed by atoms with Gasteiger partial charge in [-0.05, 0) is 17.7 Å². The number of benzene rings is 1. The number of carbonyl (C=O) groups excluding carboxylic acids is 1. The summed E-state index contributed by atoms with van der Waals surface area (Å²) in [6, 6.07) is 6.64. The maximum Gasteiger partial charge on any atom is 0.308 e. The average Bonchev–Trinajstić information content (AvgIpc) is 2.06. The first-order valence-electron chi connectivity index (χ1n) is 4.18. The monoisotopic (exact) mass is 194 g/mol. The van der Waals surface area contributed by atoms with Crippen molar-refractivity contribution in [1.29, 1.82) is 0 Å². The van der Waals surface area contributed by atoms with Crippen LogP contribution in [0.4, 0.5) is 4.39 Å². The third kappa shape index (κ3) is 3.39. The van der Waals surface area contributed by atoms with Gasteiger partial charge in [0.25, 0.3) is 0 Å². The van der Waals surface area contributed by atoms with Crippen LogP contribution in [0.15, 0.2) is 36.7 Å². The normalized spacial score (nSPS) is 9.57. The molecule has 74 valence electrons. The molecule has 1 rings (SSSR count). The van der Waals surface area contributed by atoms with Crippen LogP contribution in [0.1, 0.15) is 12.5 Å². The summed E-state index contributed by atoms with van der Waals surface area (Å²) in [5, 5.41) is 0. The highest BCUT2D eigenvalue weighted by Crippen LogP contribution is 2.14. The zero-order valence-electron chi connectivity index (χ0n) is 7.92. The zero-order valence-corrected chi connectivity index (χ0v) is 7.92. The van der Waals surface area contributed by atoms with E-state index in [0.717, 1.165) is 5.56 Å². The molecule has 14 heavy (non-hydrogen) atoms. The van der Waals surface area contributed by atoms with Crippen LogP contribution >= 0.6 is 0 Å². The second-order valence-electron chi connectivity index (χ2n) is 2.93. The van der Waals surface area contributed by atoms with Crippen LogP contribution in [-0.2, 0) is 11.2 Å². The summed E-state index contributed by atoms with van der Waals surface area (Å²) >= 11 is 0. The molecule has 0 saturated heterocycles. The maximum atomic E-state index is 12.4. The summed E-state index contributed by atoms with van der Waals surface area (Å²) in [5.41, 5.74) is 0.799. The molecule has 0 atom stereocenters. The van der Waals surface area contributed by atoms with Crippen molar-refractivity contribution < 1.29 is 13.9 Å². The van der Waals surface area contributed by atoms with E-state index in [1.54, 1.807) is 24.3 Å². The molecule has 0 aliphatic carbocycles. The van der Waals surface area contributed by atoms with E-state index in [4.69, 9.17) is 4.74 Å². The molecule has 0 heterocycles. The molecule has 0 saturated carbocycles. The van der Waals surface area contributed by atoms with Crippen LogP contribution in [0.2, 0.25) is 0 Å². The van der Waals surface area contributed by atoms with Gasteiger partial charge in [0, 0.05) is 13.3 Å². The van der Waals surface area contributed by atoms with Gasteiger partial charge in [0.1, 0.15) is 5.75 Å². The van der Waals surface area contributed by atoms with E-state index in [1.165, 1.54) is 6.92 Å². The highest BCUT2D eigenvalue weighted by atomic mass is 19.1. The van der Waals surface area contributed by atoms with Gasteiger partial charge in [-0.25, -0.2) is 4.39 Å². The Morgan fingerprint density at radius 1 is 1.43 bits per heavy atom. The lowest BCUT2D eigenvalue weighted by Crippen LogP contribution is -2.01. The van der Waals surface area contributed by atoms with Crippen molar-refractivity contribution in [2.75, 3.05) is 0 Å². The van der Waals surface area contributed by atoms with Crippen molar-refractivity contribution in [2.45, 2.75) is 13.3 Å². The van der Waals surface area contributed by atoms with Crippen LogP contribution in [0.5, 0.6) is 5.75 Å². The minimum absolute atomic E-state index is 0.195. The second-order valence-corrected chi connectivity index (χ2v) is 2.93. The minimum atomic E-state index is -0.384. The Hall–Kier alpha value is -1.64. The topological polar surface area (TPSA) is 26.3 Å². The molecule has 0 aliphatic rings. The van der Waals surface area contributed by atoms with Crippen LogP contribution < -0.4 is 4.74 Å². The van der Waals surface area contributed by atoms with Crippen LogP contribution in [0.25, 0.3) is 0 Å². The van der Waals surface area contributed by atoms with Crippen LogP contribution in [0, 0.1) is 0 Å². The molecule has 3 heteroatoms. The van der Waals surface area contributed by atoms with Crippen molar-refractivity contribution in [3.05, 3.63) is 42.2 Å². The van der Waals surface area contributed by atoms with Gasteiger partial charge in [-0.2, -0.15) is 0 Å². The third-order valence-electron chi connectivity index (χ3n) is 1.58. The summed E-state index contributed by atoms with van der Waals surface area (Å²) in [6.07, 6.45) is 0.195. The standard InChI is InChI=1S/C11H11FO2/c1-8(12)7-10-3-5-11(6-4-10)14-9(2)13/h3-6H,1,7H2,2H3. The Bertz CT molecular complexity index is 306. The number of esters is 1. The predicted molar refractivity (Wildman–Crippen MR) is 51.7 cm³/mol. The lowest BCUT2D eigenvalue weighted by atomic mass is 10.1. The third-order valence-corrected chi connectivity index (χ3v) is 1.58. The Morgan fingerprint density at radius 2 is 2.00 bits per heavy atom. The highest BCUT2D eigenvalue weighted by molar-refractivity contribution is 5.69. The molecule has 0 fully saturated rings. The van der Waals surface area contributed by atoms with Crippen LogP contribution in [0.3, 0.4) is 0 Å². The van der Waals surface area contributed by atoms with E-state index >= 15 is 0 Å². The van der Waals surface area contributed by atoms with Gasteiger partial charge >= 0.3 is 5.97 Å². The Kier molecular flexibility index (Phi) is 3.40. The van der Waals surface area contributed by atoms with Gasteiger partial charge in [-0.15, -0.1) is 0 Å². The van der Waals surface area contributed by atoms with Gasteiger partial charge in [0.15, 0.2) is 0 Å². The Morgan fingerprint density at radius 3 is 2.43 bits per heavy atom. The number of hydrogen-bond acceptors (Lipinski definition) is 2. The fraction of sp³-hybridized carbons (Fsp3) is 0.182. The largest absolute Gasteiger partial charge is 0.427 e. The average molecular weight is 194 g/mol. The van der Waals surface area contributed by atoms with Gasteiger partial charge < -0.3 is 4.74 Å².